The van der Waals surface area contributed by atoms with Crippen LogP contribution in [-0.4, -0.2) is 32.7 Å². The lowest BCUT2D eigenvalue weighted by Crippen LogP contribution is -2.10. The van der Waals surface area contributed by atoms with E-state index < -0.39 is 15.1 Å². The summed E-state index contributed by atoms with van der Waals surface area (Å²) in [6, 6.07) is 0. The lowest BCUT2D eigenvalue weighted by molar-refractivity contribution is 0.440. The van der Waals surface area contributed by atoms with Crippen LogP contribution in [0.25, 0.3) is 0 Å². The van der Waals surface area contributed by atoms with Crippen molar-refractivity contribution in [3.63, 3.8) is 0 Å². The van der Waals surface area contributed by atoms with E-state index in [1.807, 2.05) is 7.05 Å². The van der Waals surface area contributed by atoms with Crippen molar-refractivity contribution in [1.82, 2.24) is 10.3 Å². The maximum Gasteiger partial charge on any atom is 0.212 e. The number of aromatic nitrogens is 1. The van der Waals surface area contributed by atoms with E-state index in [2.05, 4.69) is 10.3 Å². The Morgan fingerprint density at radius 3 is 3.06 bits per heavy atom. The summed E-state index contributed by atoms with van der Waals surface area (Å²) < 4.78 is 28.8. The number of sulfone groups is 1. The van der Waals surface area contributed by atoms with Crippen LogP contribution in [0, 0.1) is 0 Å². The third kappa shape index (κ3) is 2.27. The molecule has 0 amide bonds. The summed E-state index contributed by atoms with van der Waals surface area (Å²) in [7, 11) is -1.16. The lowest BCUT2D eigenvalue weighted by atomic mass is 10.2. The van der Waals surface area contributed by atoms with Crippen molar-refractivity contribution in [1.29, 1.82) is 0 Å². The third-order valence-electron chi connectivity index (χ3n) is 2.80. The Labute approximate surface area is 95.2 Å². The second-order valence-corrected chi connectivity index (χ2v) is 6.32. The molecule has 0 saturated carbocycles. The molecule has 0 bridgehead atoms. The summed E-state index contributed by atoms with van der Waals surface area (Å²) in [5.74, 6) is 1.36. The van der Waals surface area contributed by atoms with Gasteiger partial charge in [0.2, 0.25) is 5.89 Å². The Morgan fingerprint density at radius 2 is 2.44 bits per heavy atom. The molecule has 2 heterocycles. The van der Waals surface area contributed by atoms with E-state index in [4.69, 9.17) is 4.42 Å². The normalized spacial score (nSPS) is 23.7. The summed E-state index contributed by atoms with van der Waals surface area (Å²) in [6.07, 6.45) is 3.70. The van der Waals surface area contributed by atoms with Crippen LogP contribution in [0.15, 0.2) is 10.6 Å². The fourth-order valence-corrected chi connectivity index (χ4v) is 3.70. The minimum absolute atomic E-state index is 0.256. The van der Waals surface area contributed by atoms with Gasteiger partial charge in [0.15, 0.2) is 9.84 Å². The smallest absolute Gasteiger partial charge is 0.212 e. The van der Waals surface area contributed by atoms with Gasteiger partial charge in [-0.3, -0.25) is 0 Å². The first kappa shape index (κ1) is 11.6. The predicted molar refractivity (Wildman–Crippen MR) is 59.9 cm³/mol. The minimum atomic E-state index is -3.02. The number of rotatable bonds is 4. The van der Waals surface area contributed by atoms with Gasteiger partial charge in [-0.15, -0.1) is 0 Å². The van der Waals surface area contributed by atoms with E-state index in [-0.39, 0.29) is 5.75 Å². The van der Waals surface area contributed by atoms with Crippen LogP contribution < -0.4 is 5.32 Å². The van der Waals surface area contributed by atoms with Gasteiger partial charge in [0.1, 0.15) is 11.0 Å². The van der Waals surface area contributed by atoms with Crippen LogP contribution in [0.3, 0.4) is 0 Å². The zero-order chi connectivity index (χ0) is 11.6. The highest BCUT2D eigenvalue weighted by Crippen LogP contribution is 2.33. The Morgan fingerprint density at radius 1 is 1.62 bits per heavy atom. The summed E-state index contributed by atoms with van der Waals surface area (Å²) in [6.45, 7) is 0.798. The quantitative estimate of drug-likeness (QED) is 0.843. The highest BCUT2D eigenvalue weighted by atomic mass is 32.2. The Hall–Kier alpha value is -0.880. The molecule has 1 aliphatic heterocycles. The molecule has 0 aromatic carbocycles. The SMILES string of the molecule is CNCCc1cnc(C2CCCS2(=O)=O)o1. The van der Waals surface area contributed by atoms with Gasteiger partial charge in [-0.1, -0.05) is 0 Å². The van der Waals surface area contributed by atoms with E-state index in [9.17, 15) is 8.42 Å². The topological polar surface area (TPSA) is 72.2 Å². The molecule has 1 saturated heterocycles. The average Bonchev–Trinajstić information content (AvgIpc) is 2.81. The van der Waals surface area contributed by atoms with Gasteiger partial charge < -0.3 is 9.73 Å². The molecule has 1 fully saturated rings. The lowest BCUT2D eigenvalue weighted by Gasteiger charge is -2.03. The highest BCUT2D eigenvalue weighted by molar-refractivity contribution is 7.91. The van der Waals surface area contributed by atoms with E-state index in [0.717, 1.165) is 18.7 Å². The van der Waals surface area contributed by atoms with E-state index in [1.54, 1.807) is 6.20 Å². The molecule has 16 heavy (non-hydrogen) atoms. The van der Waals surface area contributed by atoms with Crippen molar-refractivity contribution in [2.24, 2.45) is 0 Å². The monoisotopic (exact) mass is 244 g/mol. The van der Waals surface area contributed by atoms with Crippen molar-refractivity contribution < 1.29 is 12.8 Å². The molecular formula is C10H16N2O3S. The number of oxazole rings is 1. The van der Waals surface area contributed by atoms with Crippen LogP contribution in [0.1, 0.15) is 29.7 Å². The van der Waals surface area contributed by atoms with Crippen molar-refractivity contribution in [3.8, 4) is 0 Å². The molecule has 1 aromatic rings. The average molecular weight is 244 g/mol. The number of likely N-dealkylation sites (N-methyl/N-ethyl adjacent to an activating group) is 1. The van der Waals surface area contributed by atoms with Gasteiger partial charge in [0.25, 0.3) is 0 Å². The molecule has 5 nitrogen and oxygen atoms in total. The largest absolute Gasteiger partial charge is 0.444 e. The molecule has 1 atom stereocenters. The summed E-state index contributed by atoms with van der Waals surface area (Å²) in [4.78, 5) is 4.07. The highest BCUT2D eigenvalue weighted by Gasteiger charge is 2.36. The fraction of sp³-hybridized carbons (Fsp3) is 0.700. The van der Waals surface area contributed by atoms with Crippen molar-refractivity contribution in [2.45, 2.75) is 24.5 Å². The zero-order valence-corrected chi connectivity index (χ0v) is 10.1. The molecule has 6 heteroatoms. The molecule has 2 rings (SSSR count). The fourth-order valence-electron chi connectivity index (χ4n) is 1.90. The molecule has 0 radical (unpaired) electrons. The maximum absolute atomic E-state index is 11.7. The zero-order valence-electron chi connectivity index (χ0n) is 9.27. The third-order valence-corrected chi connectivity index (χ3v) is 4.96. The molecule has 1 N–H and O–H groups in total. The van der Waals surface area contributed by atoms with Crippen LogP contribution >= 0.6 is 0 Å². The molecular weight excluding hydrogens is 228 g/mol. The standard InChI is InChI=1S/C10H16N2O3S/c1-11-5-4-8-7-12-10(15-8)9-3-2-6-16(9,13)14/h7,9,11H,2-6H2,1H3. The summed E-state index contributed by atoms with van der Waals surface area (Å²) in [5.41, 5.74) is 0. The second kappa shape index (κ2) is 4.55. The van der Waals surface area contributed by atoms with Crippen LogP contribution in [0.2, 0.25) is 0 Å². The van der Waals surface area contributed by atoms with Crippen molar-refractivity contribution in [3.05, 3.63) is 17.8 Å². The first-order valence-electron chi connectivity index (χ1n) is 5.44. The van der Waals surface area contributed by atoms with Crippen molar-refractivity contribution in [2.75, 3.05) is 19.3 Å². The Balaban J connectivity index is 2.13. The second-order valence-electron chi connectivity index (χ2n) is 4.02. The Bertz CT molecular complexity index is 452. The minimum Gasteiger partial charge on any atom is -0.444 e. The number of hydrogen-bond acceptors (Lipinski definition) is 5. The number of hydrogen-bond donors (Lipinski definition) is 1. The molecule has 90 valence electrons. The van der Waals surface area contributed by atoms with E-state index >= 15 is 0 Å². The molecule has 0 aliphatic carbocycles. The van der Waals surface area contributed by atoms with Crippen LogP contribution in [-0.2, 0) is 16.3 Å². The Kier molecular flexibility index (Phi) is 3.30. The summed E-state index contributed by atoms with van der Waals surface area (Å²) in [5, 5.41) is 2.49. The first-order valence-corrected chi connectivity index (χ1v) is 7.16. The van der Waals surface area contributed by atoms with Gasteiger partial charge in [0.05, 0.1) is 11.9 Å². The van der Waals surface area contributed by atoms with E-state index in [0.29, 0.717) is 18.7 Å². The predicted octanol–water partition coefficient (Wildman–Crippen LogP) is 0.686. The molecule has 1 unspecified atom stereocenters. The number of nitrogens with zero attached hydrogens (tertiary/aromatic N) is 1. The molecule has 1 aromatic heterocycles. The summed E-state index contributed by atoms with van der Waals surface area (Å²) >= 11 is 0. The molecule has 0 spiro atoms. The van der Waals surface area contributed by atoms with Crippen molar-refractivity contribution >= 4 is 9.84 Å². The molecule has 1 aliphatic rings. The van der Waals surface area contributed by atoms with E-state index in [1.165, 1.54) is 0 Å². The van der Waals surface area contributed by atoms with Gasteiger partial charge in [-0.2, -0.15) is 0 Å². The van der Waals surface area contributed by atoms with Crippen LogP contribution in [0.4, 0.5) is 0 Å². The number of nitrogens with one attached hydrogen (secondary N) is 1. The first-order chi connectivity index (χ1) is 7.63. The van der Waals surface area contributed by atoms with Gasteiger partial charge in [-0.05, 0) is 19.9 Å². The van der Waals surface area contributed by atoms with Gasteiger partial charge in [-0.25, -0.2) is 13.4 Å². The van der Waals surface area contributed by atoms with Gasteiger partial charge >= 0.3 is 0 Å². The van der Waals surface area contributed by atoms with Gasteiger partial charge in [0, 0.05) is 13.0 Å². The maximum atomic E-state index is 11.7. The van der Waals surface area contributed by atoms with Crippen LogP contribution in [0.5, 0.6) is 0 Å².